The largest absolute Gasteiger partial charge is 0.448 e. The molecule has 1 unspecified atom stereocenters. The highest BCUT2D eigenvalue weighted by atomic mass is 32.2. The first-order chi connectivity index (χ1) is 23.8. The third-order valence-corrected chi connectivity index (χ3v) is 10.8. The van der Waals surface area contributed by atoms with Crippen LogP contribution in [0.25, 0.3) is 11.1 Å². The number of aromatic nitrogens is 3. The summed E-state index contributed by atoms with van der Waals surface area (Å²) < 4.78 is 52.4. The van der Waals surface area contributed by atoms with Crippen molar-refractivity contribution in [1.82, 2.24) is 30.1 Å². The number of nitrogens with zero attached hydrogens (tertiary/aromatic N) is 5. The van der Waals surface area contributed by atoms with Gasteiger partial charge in [0, 0.05) is 96.4 Å². The molecule has 5 heterocycles. The first-order valence-corrected chi connectivity index (χ1v) is 18.2. The zero-order valence-electron chi connectivity index (χ0n) is 29.1. The number of alkyl halides is 3. The highest BCUT2D eigenvalue weighted by molar-refractivity contribution is 7.98. The maximum Gasteiger partial charge on any atom is 0.401 e. The van der Waals surface area contributed by atoms with Gasteiger partial charge in [0.15, 0.2) is 11.5 Å². The molecule has 0 spiro atoms. The Bertz CT molecular complexity index is 1770. The van der Waals surface area contributed by atoms with E-state index in [4.69, 9.17) is 9.47 Å². The molecule has 0 radical (unpaired) electrons. The number of hydrogen-bond acceptors (Lipinski definition) is 10. The lowest BCUT2D eigenvalue weighted by Crippen LogP contribution is -2.49. The summed E-state index contributed by atoms with van der Waals surface area (Å²) in [6.45, 7) is 11.6. The van der Waals surface area contributed by atoms with Gasteiger partial charge in [-0.2, -0.15) is 13.2 Å². The summed E-state index contributed by atoms with van der Waals surface area (Å²) in [7, 11) is 0. The lowest BCUT2D eigenvalue weighted by atomic mass is 9.89. The van der Waals surface area contributed by atoms with Gasteiger partial charge in [0.25, 0.3) is 17.3 Å². The molecule has 1 atom stereocenters. The molecule has 2 aromatic heterocycles. The van der Waals surface area contributed by atoms with E-state index in [0.717, 1.165) is 43.3 Å². The summed E-state index contributed by atoms with van der Waals surface area (Å²) in [6, 6.07) is 3.61. The molecule has 1 amide bonds. The highest BCUT2D eigenvalue weighted by Crippen LogP contribution is 2.52. The molecular weight excluding hydrogens is 671 g/mol. The Hall–Kier alpha value is -3.82. The summed E-state index contributed by atoms with van der Waals surface area (Å²) >= 11 is 1.43. The molecule has 50 heavy (non-hydrogen) atoms. The van der Waals surface area contributed by atoms with E-state index < -0.39 is 24.4 Å². The number of amides is 1. The third-order valence-electron chi connectivity index (χ3n) is 10.00. The van der Waals surface area contributed by atoms with Crippen molar-refractivity contribution in [3.05, 3.63) is 57.3 Å². The van der Waals surface area contributed by atoms with Crippen molar-refractivity contribution in [2.45, 2.75) is 63.9 Å². The SMILES string of the molecule is CCN1CCN(c2ncc(-c3cc(C(=O)NCc4c(SC)cc(C)[nH]c4=O)c(C)c4c3OC(C)(C3CCN(CC(F)(F)F)CC3)O4)cn2)CC1. The summed E-state index contributed by atoms with van der Waals surface area (Å²) in [5.74, 6) is -0.307. The summed E-state index contributed by atoms with van der Waals surface area (Å²) in [5.41, 5.74) is 3.00. The second-order valence-corrected chi connectivity index (χ2v) is 14.2. The number of thioether (sulfide) groups is 1. The first kappa shape index (κ1) is 36.0. The number of likely N-dealkylation sites (tertiary alicyclic amines) is 1. The number of rotatable bonds is 9. The molecule has 2 N–H and O–H groups in total. The number of nitrogens with one attached hydrogen (secondary N) is 2. The van der Waals surface area contributed by atoms with Crippen LogP contribution in [-0.2, 0) is 6.54 Å². The first-order valence-electron chi connectivity index (χ1n) is 17.0. The lowest BCUT2D eigenvalue weighted by molar-refractivity contribution is -0.159. The van der Waals surface area contributed by atoms with Gasteiger partial charge >= 0.3 is 6.18 Å². The minimum Gasteiger partial charge on any atom is -0.448 e. The Morgan fingerprint density at radius 2 is 1.70 bits per heavy atom. The Morgan fingerprint density at radius 1 is 1.04 bits per heavy atom. The van der Waals surface area contributed by atoms with Gasteiger partial charge in [0.1, 0.15) is 0 Å². The van der Waals surface area contributed by atoms with Crippen molar-refractivity contribution in [3.8, 4) is 22.6 Å². The predicted octanol–water partition coefficient (Wildman–Crippen LogP) is 5.00. The number of piperazine rings is 1. The lowest BCUT2D eigenvalue weighted by Gasteiger charge is -2.39. The second kappa shape index (κ2) is 14.4. The molecule has 15 heteroatoms. The van der Waals surface area contributed by atoms with E-state index in [1.807, 2.05) is 26.2 Å². The van der Waals surface area contributed by atoms with Gasteiger partial charge in [-0.1, -0.05) is 6.92 Å². The van der Waals surface area contributed by atoms with Crippen LogP contribution >= 0.6 is 11.8 Å². The number of fused-ring (bicyclic) bond motifs is 1. The number of H-pyrrole nitrogens is 1. The fourth-order valence-corrected chi connectivity index (χ4v) is 7.76. The van der Waals surface area contributed by atoms with Crippen molar-refractivity contribution in [3.63, 3.8) is 0 Å². The molecule has 3 aromatic rings. The van der Waals surface area contributed by atoms with E-state index in [9.17, 15) is 22.8 Å². The normalized spacial score (nSPS) is 20.4. The number of hydrogen-bond donors (Lipinski definition) is 2. The van der Waals surface area contributed by atoms with Crippen LogP contribution in [0.2, 0.25) is 0 Å². The molecule has 0 saturated carbocycles. The van der Waals surface area contributed by atoms with Gasteiger partial charge in [-0.25, -0.2) is 9.97 Å². The van der Waals surface area contributed by atoms with Crippen LogP contribution in [0.5, 0.6) is 11.5 Å². The quantitative estimate of drug-likeness (QED) is 0.293. The molecular formula is C35H44F3N7O4S. The average Bonchev–Trinajstić information content (AvgIpc) is 3.46. The Kier molecular flexibility index (Phi) is 10.4. The number of aromatic amines is 1. The number of likely N-dealkylation sites (N-methyl/N-ethyl adjacent to an activating group) is 1. The monoisotopic (exact) mass is 715 g/mol. The van der Waals surface area contributed by atoms with Gasteiger partial charge in [0.2, 0.25) is 5.95 Å². The van der Waals surface area contributed by atoms with Crippen LogP contribution in [0.15, 0.2) is 34.2 Å². The van der Waals surface area contributed by atoms with Crippen LogP contribution in [0.1, 0.15) is 53.9 Å². The van der Waals surface area contributed by atoms with E-state index in [2.05, 4.69) is 37.0 Å². The molecule has 3 aliphatic rings. The molecule has 0 aliphatic carbocycles. The molecule has 0 bridgehead atoms. The topological polar surface area (TPSA) is 116 Å². The number of ether oxygens (including phenoxy) is 2. The van der Waals surface area contributed by atoms with Crippen molar-refractivity contribution < 1.29 is 27.4 Å². The Labute approximate surface area is 293 Å². The molecule has 11 nitrogen and oxygen atoms in total. The average molecular weight is 716 g/mol. The number of piperidine rings is 1. The van der Waals surface area contributed by atoms with Gasteiger partial charge < -0.3 is 29.6 Å². The van der Waals surface area contributed by atoms with Crippen molar-refractivity contribution in [2.24, 2.45) is 5.92 Å². The van der Waals surface area contributed by atoms with Crippen LogP contribution < -0.4 is 25.2 Å². The van der Waals surface area contributed by atoms with Gasteiger partial charge in [-0.05, 0) is 64.7 Å². The minimum absolute atomic E-state index is 0.0190. The molecule has 6 rings (SSSR count). The fraction of sp³-hybridized carbons (Fsp3) is 0.543. The molecule has 1 aromatic carbocycles. The number of pyridine rings is 1. The van der Waals surface area contributed by atoms with Crippen LogP contribution in [0.3, 0.4) is 0 Å². The van der Waals surface area contributed by atoms with Crippen LogP contribution in [-0.4, -0.2) is 101 Å². The Balaban J connectivity index is 1.30. The summed E-state index contributed by atoms with van der Waals surface area (Å²) in [5, 5.41) is 2.92. The zero-order valence-corrected chi connectivity index (χ0v) is 29.9. The third kappa shape index (κ3) is 7.59. The van der Waals surface area contributed by atoms with E-state index in [-0.39, 0.29) is 31.1 Å². The zero-order chi connectivity index (χ0) is 35.8. The van der Waals surface area contributed by atoms with E-state index in [1.54, 1.807) is 25.4 Å². The number of carbonyl (C=O) groups excluding carboxylic acids is 1. The molecule has 270 valence electrons. The number of halogens is 3. The number of carbonyl (C=O) groups is 1. The fourth-order valence-electron chi connectivity index (χ4n) is 7.06. The standard InChI is InChI=1S/C35H44F3N7O4S/c1-6-43-11-13-45(14-12-43)33-40-17-23(18-41-33)26-16-25(31(46)39-19-27-28(50-5)15-21(2)42-32(27)47)22(3)29-30(26)49-34(4,48-29)24-7-9-44(10-8-24)20-35(36,37)38/h15-18,24H,6-14,19-20H2,1-5H3,(H,39,46)(H,42,47). The maximum absolute atomic E-state index is 13.9. The second-order valence-electron chi connectivity index (χ2n) is 13.3. The van der Waals surface area contributed by atoms with Crippen LogP contribution in [0.4, 0.5) is 19.1 Å². The highest BCUT2D eigenvalue weighted by Gasteiger charge is 2.48. The van der Waals surface area contributed by atoms with Crippen LogP contribution in [0, 0.1) is 19.8 Å². The Morgan fingerprint density at radius 3 is 2.32 bits per heavy atom. The van der Waals surface area contributed by atoms with Gasteiger partial charge in [0.05, 0.1) is 6.54 Å². The predicted molar refractivity (Wildman–Crippen MR) is 186 cm³/mol. The van der Waals surface area contributed by atoms with Crippen molar-refractivity contribution in [2.75, 3.05) is 63.5 Å². The maximum atomic E-state index is 13.9. The minimum atomic E-state index is -4.26. The summed E-state index contributed by atoms with van der Waals surface area (Å²) in [6.07, 6.45) is 1.95. The number of anilines is 1. The molecule has 3 aliphatic heterocycles. The van der Waals surface area contributed by atoms with E-state index in [0.29, 0.717) is 58.1 Å². The summed E-state index contributed by atoms with van der Waals surface area (Å²) in [4.78, 5) is 45.5. The molecule has 2 saturated heterocycles. The van der Waals surface area contributed by atoms with Crippen molar-refractivity contribution in [1.29, 1.82) is 0 Å². The smallest absolute Gasteiger partial charge is 0.401 e. The number of aryl methyl sites for hydroxylation is 1. The number of benzene rings is 1. The van der Waals surface area contributed by atoms with E-state index in [1.165, 1.54) is 16.7 Å². The van der Waals surface area contributed by atoms with Crippen molar-refractivity contribution >= 4 is 23.6 Å². The van der Waals surface area contributed by atoms with E-state index >= 15 is 0 Å². The molecule has 2 fully saturated rings. The van der Waals surface area contributed by atoms with Gasteiger partial charge in [-0.3, -0.25) is 14.5 Å². The van der Waals surface area contributed by atoms with Gasteiger partial charge in [-0.15, -0.1) is 11.8 Å².